The lowest BCUT2D eigenvalue weighted by Gasteiger charge is -2.36. The van der Waals surface area contributed by atoms with Gasteiger partial charge in [0.05, 0.1) is 24.1 Å². The Morgan fingerprint density at radius 2 is 2.04 bits per heavy atom. The number of rotatable bonds is 4. The molecule has 2 N–H and O–H groups in total. The number of carbonyl (C=O) groups is 1. The van der Waals surface area contributed by atoms with Crippen molar-refractivity contribution in [1.82, 2.24) is 15.3 Å². The van der Waals surface area contributed by atoms with Crippen molar-refractivity contribution >= 4 is 17.5 Å². The summed E-state index contributed by atoms with van der Waals surface area (Å²) in [5.41, 5.74) is 1.60. The first-order chi connectivity index (χ1) is 12.1. The fourth-order valence-corrected chi connectivity index (χ4v) is 2.87. The number of anilines is 2. The van der Waals surface area contributed by atoms with Crippen molar-refractivity contribution in [1.29, 1.82) is 0 Å². The van der Waals surface area contributed by atoms with Crippen molar-refractivity contribution in [3.05, 3.63) is 48.4 Å². The maximum Gasteiger partial charge on any atom is 0.319 e. The summed E-state index contributed by atoms with van der Waals surface area (Å²) in [6.45, 7) is 6.23. The van der Waals surface area contributed by atoms with E-state index in [4.69, 9.17) is 4.74 Å². The summed E-state index contributed by atoms with van der Waals surface area (Å²) >= 11 is 0. The van der Waals surface area contributed by atoms with Crippen molar-refractivity contribution in [3.63, 3.8) is 0 Å². The molecule has 0 radical (unpaired) electrons. The molecule has 7 nitrogen and oxygen atoms in total. The summed E-state index contributed by atoms with van der Waals surface area (Å²) in [5.74, 6) is 0.936. The molecule has 2 amide bonds. The van der Waals surface area contributed by atoms with Gasteiger partial charge in [-0.05, 0) is 37.6 Å². The quantitative estimate of drug-likeness (QED) is 0.893. The number of hydrogen-bond donors (Lipinski definition) is 2. The van der Waals surface area contributed by atoms with E-state index in [0.29, 0.717) is 12.2 Å². The molecule has 0 saturated carbocycles. The van der Waals surface area contributed by atoms with Gasteiger partial charge in [-0.2, -0.15) is 0 Å². The summed E-state index contributed by atoms with van der Waals surface area (Å²) in [4.78, 5) is 22.6. The number of amides is 2. The second kappa shape index (κ2) is 7.94. The van der Waals surface area contributed by atoms with Gasteiger partial charge in [-0.1, -0.05) is 6.07 Å². The molecule has 1 aliphatic heterocycles. The van der Waals surface area contributed by atoms with Gasteiger partial charge >= 0.3 is 6.03 Å². The monoisotopic (exact) mass is 341 g/mol. The maximum absolute atomic E-state index is 11.9. The summed E-state index contributed by atoms with van der Waals surface area (Å²) in [5, 5.41) is 5.54. The Balaban J connectivity index is 1.51. The smallest absolute Gasteiger partial charge is 0.319 e. The fraction of sp³-hybridized carbons (Fsp3) is 0.389. The van der Waals surface area contributed by atoms with Crippen LogP contribution >= 0.6 is 0 Å². The fourth-order valence-electron chi connectivity index (χ4n) is 2.87. The molecule has 3 heterocycles. The zero-order valence-electron chi connectivity index (χ0n) is 14.5. The Bertz CT molecular complexity index is 682. The van der Waals surface area contributed by atoms with Gasteiger partial charge in [-0.25, -0.2) is 9.78 Å². The van der Waals surface area contributed by atoms with Gasteiger partial charge in [0.25, 0.3) is 0 Å². The van der Waals surface area contributed by atoms with Crippen LogP contribution in [-0.4, -0.2) is 41.3 Å². The van der Waals surface area contributed by atoms with Crippen LogP contribution in [0.3, 0.4) is 0 Å². The largest absolute Gasteiger partial charge is 0.372 e. The Morgan fingerprint density at radius 3 is 2.68 bits per heavy atom. The molecule has 1 fully saturated rings. The molecular weight excluding hydrogens is 318 g/mol. The van der Waals surface area contributed by atoms with Gasteiger partial charge in [0.2, 0.25) is 0 Å². The zero-order chi connectivity index (χ0) is 17.6. The normalized spacial score (nSPS) is 20.2. The topological polar surface area (TPSA) is 79.4 Å². The first-order valence-electron chi connectivity index (χ1n) is 8.40. The molecule has 25 heavy (non-hydrogen) atoms. The minimum atomic E-state index is -0.270. The highest BCUT2D eigenvalue weighted by Crippen LogP contribution is 2.18. The summed E-state index contributed by atoms with van der Waals surface area (Å²) < 4.78 is 5.75. The van der Waals surface area contributed by atoms with Gasteiger partial charge in [0, 0.05) is 32.0 Å². The van der Waals surface area contributed by atoms with E-state index >= 15 is 0 Å². The molecule has 7 heteroatoms. The number of pyridine rings is 2. The molecule has 0 unspecified atom stereocenters. The van der Waals surface area contributed by atoms with Crippen LogP contribution < -0.4 is 15.5 Å². The summed E-state index contributed by atoms with van der Waals surface area (Å²) in [6.07, 6.45) is 5.45. The first-order valence-corrected chi connectivity index (χ1v) is 8.40. The Labute approximate surface area is 147 Å². The van der Waals surface area contributed by atoms with E-state index in [1.165, 1.54) is 0 Å². The van der Waals surface area contributed by atoms with E-state index < -0.39 is 0 Å². The minimum Gasteiger partial charge on any atom is -0.372 e. The maximum atomic E-state index is 11.9. The highest BCUT2D eigenvalue weighted by atomic mass is 16.5. The number of urea groups is 1. The van der Waals surface area contributed by atoms with E-state index in [2.05, 4.69) is 39.3 Å². The van der Waals surface area contributed by atoms with Crippen molar-refractivity contribution in [2.75, 3.05) is 23.3 Å². The predicted octanol–water partition coefficient (Wildman–Crippen LogP) is 2.41. The van der Waals surface area contributed by atoms with Gasteiger partial charge in [0.15, 0.2) is 0 Å². The molecule has 1 aliphatic rings. The number of nitrogens with zero attached hydrogens (tertiary/aromatic N) is 3. The van der Waals surface area contributed by atoms with Crippen molar-refractivity contribution in [2.24, 2.45) is 0 Å². The van der Waals surface area contributed by atoms with Gasteiger partial charge in [-0.3, -0.25) is 4.98 Å². The molecule has 0 spiro atoms. The zero-order valence-corrected chi connectivity index (χ0v) is 14.5. The van der Waals surface area contributed by atoms with Crippen LogP contribution in [0.5, 0.6) is 0 Å². The van der Waals surface area contributed by atoms with E-state index in [0.717, 1.165) is 24.5 Å². The Kier molecular flexibility index (Phi) is 5.45. The van der Waals surface area contributed by atoms with E-state index in [9.17, 15) is 4.79 Å². The van der Waals surface area contributed by atoms with Gasteiger partial charge in [0.1, 0.15) is 5.82 Å². The van der Waals surface area contributed by atoms with Crippen LogP contribution in [0.4, 0.5) is 16.3 Å². The second-order valence-corrected chi connectivity index (χ2v) is 6.24. The number of morpholine rings is 1. The molecule has 0 bridgehead atoms. The summed E-state index contributed by atoms with van der Waals surface area (Å²) in [7, 11) is 0. The average Bonchev–Trinajstić information content (AvgIpc) is 2.60. The number of carbonyl (C=O) groups excluding carboxylic acids is 1. The molecular formula is C18H23N5O2. The van der Waals surface area contributed by atoms with Crippen molar-refractivity contribution < 1.29 is 9.53 Å². The highest BCUT2D eigenvalue weighted by molar-refractivity contribution is 5.88. The van der Waals surface area contributed by atoms with Gasteiger partial charge in [-0.15, -0.1) is 0 Å². The molecule has 132 valence electrons. The van der Waals surface area contributed by atoms with Crippen molar-refractivity contribution in [3.8, 4) is 0 Å². The molecule has 3 rings (SSSR count). The number of nitrogens with one attached hydrogen (secondary N) is 2. The van der Waals surface area contributed by atoms with Crippen LogP contribution in [0.2, 0.25) is 0 Å². The number of hydrogen-bond acceptors (Lipinski definition) is 5. The molecule has 2 atom stereocenters. The third kappa shape index (κ3) is 4.90. The lowest BCUT2D eigenvalue weighted by molar-refractivity contribution is -0.00546. The standard InChI is InChI=1S/C18H23N5O2/c1-13-11-23(12-14(2)25-13)17-6-5-15(8-20-17)9-21-18(24)22-16-4-3-7-19-10-16/h3-8,10,13-14H,9,11-12H2,1-2H3,(H2,21,22,24)/t13-,14-/m0/s1. The molecule has 2 aromatic heterocycles. The third-order valence-corrected chi connectivity index (χ3v) is 3.93. The third-order valence-electron chi connectivity index (χ3n) is 3.93. The Hall–Kier alpha value is -2.67. The van der Waals surface area contributed by atoms with Crippen molar-refractivity contribution in [2.45, 2.75) is 32.6 Å². The molecule has 0 aromatic carbocycles. The molecule has 0 aliphatic carbocycles. The lowest BCUT2D eigenvalue weighted by atomic mass is 10.2. The first kappa shape index (κ1) is 17.2. The SMILES string of the molecule is C[C@H]1CN(c2ccc(CNC(=O)Nc3cccnc3)cn2)C[C@H](C)O1. The number of ether oxygens (including phenoxy) is 1. The van der Waals surface area contributed by atoms with Crippen LogP contribution in [0.15, 0.2) is 42.9 Å². The predicted molar refractivity (Wildman–Crippen MR) is 96.6 cm³/mol. The van der Waals surface area contributed by atoms with Crippen LogP contribution in [0, 0.1) is 0 Å². The average molecular weight is 341 g/mol. The highest BCUT2D eigenvalue weighted by Gasteiger charge is 2.22. The summed E-state index contributed by atoms with van der Waals surface area (Å²) in [6, 6.07) is 7.25. The second-order valence-electron chi connectivity index (χ2n) is 6.24. The molecule has 1 saturated heterocycles. The van der Waals surface area contributed by atoms with Crippen LogP contribution in [0.1, 0.15) is 19.4 Å². The minimum absolute atomic E-state index is 0.197. The van der Waals surface area contributed by atoms with Crippen LogP contribution in [0.25, 0.3) is 0 Å². The van der Waals surface area contributed by atoms with E-state index in [1.54, 1.807) is 30.7 Å². The number of aromatic nitrogens is 2. The molecule has 2 aromatic rings. The van der Waals surface area contributed by atoms with Gasteiger partial charge < -0.3 is 20.3 Å². The Morgan fingerprint density at radius 1 is 1.24 bits per heavy atom. The van der Waals surface area contributed by atoms with E-state index in [-0.39, 0.29) is 18.2 Å². The van der Waals surface area contributed by atoms with Crippen LogP contribution in [-0.2, 0) is 11.3 Å². The lowest BCUT2D eigenvalue weighted by Crippen LogP contribution is -2.45. The van der Waals surface area contributed by atoms with E-state index in [1.807, 2.05) is 12.1 Å².